The van der Waals surface area contributed by atoms with Crippen LogP contribution in [0.4, 0.5) is 11.6 Å². The van der Waals surface area contributed by atoms with Gasteiger partial charge in [-0.1, -0.05) is 13.0 Å². The average molecular weight is 437 g/mol. The van der Waals surface area contributed by atoms with E-state index in [0.29, 0.717) is 0 Å². The van der Waals surface area contributed by atoms with E-state index in [4.69, 9.17) is 9.97 Å². The number of piperazine rings is 1. The fourth-order valence-electron chi connectivity index (χ4n) is 4.68. The number of anilines is 2. The molecule has 0 aliphatic carbocycles. The van der Waals surface area contributed by atoms with Gasteiger partial charge in [-0.2, -0.15) is 0 Å². The Bertz CT molecular complexity index is 1030. The van der Waals surface area contributed by atoms with Crippen molar-refractivity contribution in [2.75, 3.05) is 49.1 Å². The third-order valence-electron chi connectivity index (χ3n) is 6.85. The summed E-state index contributed by atoms with van der Waals surface area (Å²) < 4.78 is 0. The zero-order chi connectivity index (χ0) is 21.4. The molecule has 0 spiro atoms. The molecule has 6 nitrogen and oxygen atoms in total. The standard InChI is InChI=1S/C24H32N6S/c1-17-7-10-28(11-8-17)16-20-26-23(22-18(2)19(3)31-24(22)27-20)30-14-12-29(13-15-30)21-6-4-5-9-25-21/h4-6,9,17H,7-8,10-16H2,1-3H3. The third kappa shape index (κ3) is 4.26. The molecule has 0 amide bonds. The Morgan fingerprint density at radius 3 is 2.42 bits per heavy atom. The molecule has 0 N–H and O–H groups in total. The van der Waals surface area contributed by atoms with Gasteiger partial charge in [-0.3, -0.25) is 4.90 Å². The second-order valence-corrected chi connectivity index (χ2v) is 10.3. The van der Waals surface area contributed by atoms with Gasteiger partial charge in [0.15, 0.2) is 0 Å². The number of thiophene rings is 1. The fourth-order valence-corrected chi connectivity index (χ4v) is 5.72. The van der Waals surface area contributed by atoms with E-state index in [1.165, 1.54) is 28.7 Å². The van der Waals surface area contributed by atoms with Gasteiger partial charge in [-0.05, 0) is 63.4 Å². The highest BCUT2D eigenvalue weighted by Crippen LogP contribution is 2.36. The molecule has 0 atom stereocenters. The first kappa shape index (κ1) is 20.6. The smallest absolute Gasteiger partial charge is 0.146 e. The second kappa shape index (κ2) is 8.71. The summed E-state index contributed by atoms with van der Waals surface area (Å²) >= 11 is 1.81. The molecule has 2 aliphatic heterocycles. The van der Waals surface area contributed by atoms with E-state index in [0.717, 1.165) is 74.0 Å². The van der Waals surface area contributed by atoms with Crippen LogP contribution < -0.4 is 9.80 Å². The van der Waals surface area contributed by atoms with Crippen molar-refractivity contribution in [2.45, 2.75) is 40.2 Å². The highest BCUT2D eigenvalue weighted by molar-refractivity contribution is 7.18. The average Bonchev–Trinajstić information content (AvgIpc) is 3.09. The normalized spacial score (nSPS) is 18.8. The van der Waals surface area contributed by atoms with Crippen molar-refractivity contribution in [3.05, 3.63) is 40.7 Å². The molecule has 31 heavy (non-hydrogen) atoms. The quantitative estimate of drug-likeness (QED) is 0.609. The van der Waals surface area contributed by atoms with Crippen LogP contribution in [-0.4, -0.2) is 59.1 Å². The number of aryl methyl sites for hydroxylation is 2. The van der Waals surface area contributed by atoms with E-state index in [1.807, 2.05) is 23.6 Å². The molecule has 2 aliphatic rings. The maximum atomic E-state index is 5.16. The summed E-state index contributed by atoms with van der Waals surface area (Å²) in [5, 5.41) is 1.25. The highest BCUT2D eigenvalue weighted by atomic mass is 32.1. The Morgan fingerprint density at radius 1 is 0.968 bits per heavy atom. The van der Waals surface area contributed by atoms with E-state index < -0.39 is 0 Å². The summed E-state index contributed by atoms with van der Waals surface area (Å²) in [7, 11) is 0. The first-order chi connectivity index (χ1) is 15.1. The molecule has 2 saturated heterocycles. The van der Waals surface area contributed by atoms with Crippen molar-refractivity contribution < 1.29 is 0 Å². The first-order valence-electron chi connectivity index (χ1n) is 11.5. The van der Waals surface area contributed by atoms with Crippen LogP contribution in [0, 0.1) is 19.8 Å². The van der Waals surface area contributed by atoms with Gasteiger partial charge in [0.2, 0.25) is 0 Å². The van der Waals surface area contributed by atoms with Crippen molar-refractivity contribution in [1.82, 2.24) is 19.9 Å². The topological polar surface area (TPSA) is 48.4 Å². The van der Waals surface area contributed by atoms with Crippen molar-refractivity contribution in [1.29, 1.82) is 0 Å². The first-order valence-corrected chi connectivity index (χ1v) is 12.3. The van der Waals surface area contributed by atoms with E-state index in [9.17, 15) is 0 Å². The van der Waals surface area contributed by atoms with E-state index in [1.54, 1.807) is 0 Å². The minimum Gasteiger partial charge on any atom is -0.353 e. The van der Waals surface area contributed by atoms with Gasteiger partial charge >= 0.3 is 0 Å². The third-order valence-corrected chi connectivity index (χ3v) is 7.95. The molecule has 5 rings (SSSR count). The molecule has 2 fully saturated rings. The number of rotatable bonds is 4. The summed E-state index contributed by atoms with van der Waals surface area (Å²) in [6.45, 7) is 13.8. The van der Waals surface area contributed by atoms with E-state index in [2.05, 4.69) is 52.6 Å². The van der Waals surface area contributed by atoms with Crippen LogP contribution in [0.15, 0.2) is 24.4 Å². The summed E-state index contributed by atoms with van der Waals surface area (Å²) in [6.07, 6.45) is 4.43. The van der Waals surface area contributed by atoms with Crippen LogP contribution >= 0.6 is 11.3 Å². The number of fused-ring (bicyclic) bond motifs is 1. The molecule has 3 aromatic rings. The van der Waals surface area contributed by atoms with Gasteiger partial charge in [0.1, 0.15) is 22.3 Å². The molecule has 164 valence electrons. The van der Waals surface area contributed by atoms with Crippen LogP contribution in [-0.2, 0) is 6.54 Å². The predicted octanol–water partition coefficient (Wildman–Crippen LogP) is 4.26. The number of piperidine rings is 1. The van der Waals surface area contributed by atoms with Crippen LogP contribution in [0.5, 0.6) is 0 Å². The fraction of sp³-hybridized carbons (Fsp3) is 0.542. The zero-order valence-corrected chi connectivity index (χ0v) is 19.7. The van der Waals surface area contributed by atoms with Crippen molar-refractivity contribution in [3.8, 4) is 0 Å². The maximum Gasteiger partial charge on any atom is 0.146 e. The molecule has 0 bridgehead atoms. The Kier molecular flexibility index (Phi) is 5.80. The molecule has 0 unspecified atom stereocenters. The molecule has 5 heterocycles. The van der Waals surface area contributed by atoms with Crippen molar-refractivity contribution >= 4 is 33.2 Å². The highest BCUT2D eigenvalue weighted by Gasteiger charge is 2.25. The summed E-state index contributed by atoms with van der Waals surface area (Å²) in [5.41, 5.74) is 1.33. The van der Waals surface area contributed by atoms with E-state index >= 15 is 0 Å². The second-order valence-electron chi connectivity index (χ2n) is 9.05. The van der Waals surface area contributed by atoms with Crippen LogP contribution in [0.1, 0.15) is 36.0 Å². The lowest BCUT2D eigenvalue weighted by Crippen LogP contribution is -2.47. The molecular weight excluding hydrogens is 404 g/mol. The van der Waals surface area contributed by atoms with Gasteiger partial charge in [0, 0.05) is 37.3 Å². The van der Waals surface area contributed by atoms with E-state index in [-0.39, 0.29) is 0 Å². The Morgan fingerprint density at radius 2 is 1.71 bits per heavy atom. The van der Waals surface area contributed by atoms with Crippen LogP contribution in [0.2, 0.25) is 0 Å². The molecule has 3 aromatic heterocycles. The molecule has 0 radical (unpaired) electrons. The number of nitrogens with zero attached hydrogens (tertiary/aromatic N) is 6. The number of likely N-dealkylation sites (tertiary alicyclic amines) is 1. The van der Waals surface area contributed by atoms with Gasteiger partial charge < -0.3 is 9.80 Å². The predicted molar refractivity (Wildman–Crippen MR) is 129 cm³/mol. The van der Waals surface area contributed by atoms with Crippen molar-refractivity contribution in [3.63, 3.8) is 0 Å². The summed E-state index contributed by atoms with van der Waals surface area (Å²) in [5.74, 6) is 4.02. The van der Waals surface area contributed by atoms with Gasteiger partial charge in [-0.15, -0.1) is 11.3 Å². The lowest BCUT2D eigenvalue weighted by Gasteiger charge is -2.36. The zero-order valence-electron chi connectivity index (χ0n) is 18.8. The monoisotopic (exact) mass is 436 g/mol. The Hall–Kier alpha value is -2.25. The number of pyridine rings is 1. The van der Waals surface area contributed by atoms with Crippen molar-refractivity contribution in [2.24, 2.45) is 5.92 Å². The Labute approximate surface area is 188 Å². The summed E-state index contributed by atoms with van der Waals surface area (Å²) in [6, 6.07) is 6.14. The molecule has 0 aromatic carbocycles. The lowest BCUT2D eigenvalue weighted by atomic mass is 9.99. The minimum atomic E-state index is 0.841. The van der Waals surface area contributed by atoms with Crippen LogP contribution in [0.3, 0.4) is 0 Å². The number of hydrogen-bond donors (Lipinski definition) is 0. The number of hydrogen-bond acceptors (Lipinski definition) is 7. The van der Waals surface area contributed by atoms with Crippen LogP contribution in [0.25, 0.3) is 10.2 Å². The number of aromatic nitrogens is 3. The molecular formula is C24H32N6S. The summed E-state index contributed by atoms with van der Waals surface area (Å²) in [4.78, 5) is 24.5. The lowest BCUT2D eigenvalue weighted by molar-refractivity contribution is 0.181. The molecule has 0 saturated carbocycles. The Balaban J connectivity index is 1.40. The largest absolute Gasteiger partial charge is 0.353 e. The van der Waals surface area contributed by atoms with Gasteiger partial charge in [-0.25, -0.2) is 15.0 Å². The maximum absolute atomic E-state index is 5.16. The van der Waals surface area contributed by atoms with Gasteiger partial charge in [0.25, 0.3) is 0 Å². The van der Waals surface area contributed by atoms with Gasteiger partial charge in [0.05, 0.1) is 11.9 Å². The molecule has 7 heteroatoms. The minimum absolute atomic E-state index is 0.841. The SMILES string of the molecule is Cc1sc2nc(CN3CCC(C)CC3)nc(N3CCN(c4ccccn4)CC3)c2c1C.